The van der Waals surface area contributed by atoms with Crippen LogP contribution >= 0.6 is 0 Å². The maximum Gasteiger partial charge on any atom is 0.123 e. The highest BCUT2D eigenvalue weighted by Gasteiger charge is 2.33. The van der Waals surface area contributed by atoms with Crippen LogP contribution in [0.3, 0.4) is 0 Å². The number of aliphatic hydroxyl groups is 1. The third-order valence-corrected chi connectivity index (χ3v) is 6.19. The molecule has 0 radical (unpaired) electrons. The fraction of sp³-hybridized carbons (Fsp3) is 0.478. The van der Waals surface area contributed by atoms with E-state index in [4.69, 9.17) is 0 Å². The van der Waals surface area contributed by atoms with E-state index in [1.54, 1.807) is 0 Å². The summed E-state index contributed by atoms with van der Waals surface area (Å²) in [6.45, 7) is 5.92. The lowest BCUT2D eigenvalue weighted by atomic mass is 9.94. The lowest BCUT2D eigenvalue weighted by Gasteiger charge is -2.42. The van der Waals surface area contributed by atoms with E-state index in [0.29, 0.717) is 18.0 Å². The number of rotatable bonds is 7. The lowest BCUT2D eigenvalue weighted by molar-refractivity contribution is 0.0457. The Morgan fingerprint density at radius 3 is 2.59 bits per heavy atom. The predicted octanol–water partition coefficient (Wildman–Crippen LogP) is 2.16. The molecular formula is C23H31FN4O. The predicted molar refractivity (Wildman–Crippen MR) is 113 cm³/mol. The molecule has 3 N–H and O–H groups in total. The highest BCUT2D eigenvalue weighted by molar-refractivity contribution is 5.21. The standard InChI is InChI=1S/C23H31FN4O/c24-21-8-6-18(7-9-21)15-28-12-11-27(17-22(28)10-13-29)16-20-14-25-26-23(20)19-4-2-1-3-5-19/h1-9,20,22-23,25-26,29H,10-17H2. The molecule has 0 aromatic heterocycles. The second-order valence-corrected chi connectivity index (χ2v) is 8.20. The molecule has 2 aromatic carbocycles. The molecule has 0 bridgehead atoms. The summed E-state index contributed by atoms with van der Waals surface area (Å²) in [7, 11) is 0. The van der Waals surface area contributed by atoms with E-state index in [0.717, 1.165) is 51.3 Å². The van der Waals surface area contributed by atoms with E-state index in [2.05, 4.69) is 51.0 Å². The summed E-state index contributed by atoms with van der Waals surface area (Å²) in [5, 5.41) is 9.59. The zero-order valence-electron chi connectivity index (χ0n) is 16.8. The molecule has 5 nitrogen and oxygen atoms in total. The molecule has 156 valence electrons. The first kappa shape index (κ1) is 20.4. The van der Waals surface area contributed by atoms with E-state index in [1.165, 1.54) is 17.7 Å². The van der Waals surface area contributed by atoms with Crippen molar-refractivity contribution in [2.45, 2.75) is 25.0 Å². The third-order valence-electron chi connectivity index (χ3n) is 6.19. The maximum absolute atomic E-state index is 13.2. The van der Waals surface area contributed by atoms with Crippen LogP contribution in [-0.4, -0.2) is 60.3 Å². The second kappa shape index (κ2) is 9.78. The Kier molecular flexibility index (Phi) is 6.90. The first-order valence-corrected chi connectivity index (χ1v) is 10.6. The molecule has 0 spiro atoms. The molecule has 2 aliphatic heterocycles. The molecule has 3 unspecified atom stereocenters. The average Bonchev–Trinajstić information content (AvgIpc) is 3.20. The summed E-state index contributed by atoms with van der Waals surface area (Å²) < 4.78 is 13.2. The van der Waals surface area contributed by atoms with Crippen molar-refractivity contribution in [1.82, 2.24) is 20.7 Å². The van der Waals surface area contributed by atoms with Gasteiger partial charge in [-0.3, -0.25) is 10.3 Å². The highest BCUT2D eigenvalue weighted by Crippen LogP contribution is 2.27. The topological polar surface area (TPSA) is 50.8 Å². The molecule has 6 heteroatoms. The Labute approximate surface area is 172 Å². The van der Waals surface area contributed by atoms with Crippen molar-refractivity contribution >= 4 is 0 Å². The fourth-order valence-corrected chi connectivity index (χ4v) is 4.63. The van der Waals surface area contributed by atoms with Gasteiger partial charge in [-0.2, -0.15) is 0 Å². The molecule has 0 amide bonds. The SMILES string of the molecule is OCCC1CN(CC2CNNC2c2ccccc2)CCN1Cc1ccc(F)cc1. The fourth-order valence-electron chi connectivity index (χ4n) is 4.63. The summed E-state index contributed by atoms with van der Waals surface area (Å²) in [5.74, 6) is 0.313. The van der Waals surface area contributed by atoms with E-state index >= 15 is 0 Å². The average molecular weight is 399 g/mol. The van der Waals surface area contributed by atoms with Crippen molar-refractivity contribution in [1.29, 1.82) is 0 Å². The largest absolute Gasteiger partial charge is 0.396 e. The summed E-state index contributed by atoms with van der Waals surface area (Å²) in [5.41, 5.74) is 9.22. The van der Waals surface area contributed by atoms with Gasteiger partial charge in [0.15, 0.2) is 0 Å². The van der Waals surface area contributed by atoms with Gasteiger partial charge >= 0.3 is 0 Å². The van der Waals surface area contributed by atoms with E-state index < -0.39 is 0 Å². The Morgan fingerprint density at radius 1 is 1.03 bits per heavy atom. The van der Waals surface area contributed by atoms with Gasteiger partial charge in [0.05, 0.1) is 6.04 Å². The Morgan fingerprint density at radius 2 is 1.83 bits per heavy atom. The van der Waals surface area contributed by atoms with Gasteiger partial charge in [-0.1, -0.05) is 42.5 Å². The van der Waals surface area contributed by atoms with Gasteiger partial charge in [0, 0.05) is 57.8 Å². The van der Waals surface area contributed by atoms with E-state index in [-0.39, 0.29) is 12.4 Å². The van der Waals surface area contributed by atoms with Crippen molar-refractivity contribution < 1.29 is 9.50 Å². The Hall–Kier alpha value is -1.83. The molecule has 0 aliphatic carbocycles. The van der Waals surface area contributed by atoms with Gasteiger partial charge in [0.1, 0.15) is 5.82 Å². The molecule has 2 heterocycles. The quantitative estimate of drug-likeness (QED) is 0.667. The number of nitrogens with one attached hydrogen (secondary N) is 2. The zero-order chi connectivity index (χ0) is 20.1. The maximum atomic E-state index is 13.2. The zero-order valence-corrected chi connectivity index (χ0v) is 16.8. The van der Waals surface area contributed by atoms with E-state index in [9.17, 15) is 9.50 Å². The molecule has 2 aromatic rings. The molecule has 3 atom stereocenters. The first-order valence-electron chi connectivity index (χ1n) is 10.6. The highest BCUT2D eigenvalue weighted by atomic mass is 19.1. The summed E-state index contributed by atoms with van der Waals surface area (Å²) in [6, 6.07) is 18.0. The van der Waals surface area contributed by atoms with Crippen LogP contribution in [0.5, 0.6) is 0 Å². The van der Waals surface area contributed by atoms with E-state index in [1.807, 2.05) is 12.1 Å². The van der Waals surface area contributed by atoms with Gasteiger partial charge in [0.25, 0.3) is 0 Å². The number of halogens is 1. The normalized spacial score (nSPS) is 26.1. The third kappa shape index (κ3) is 5.21. The number of hydrazine groups is 1. The van der Waals surface area contributed by atoms with Crippen LogP contribution in [0.4, 0.5) is 4.39 Å². The van der Waals surface area contributed by atoms with Crippen LogP contribution in [0.2, 0.25) is 0 Å². The molecule has 4 rings (SSSR count). The molecule has 2 saturated heterocycles. The van der Waals surface area contributed by atoms with Gasteiger partial charge in [0.2, 0.25) is 0 Å². The number of hydrogen-bond acceptors (Lipinski definition) is 5. The minimum Gasteiger partial charge on any atom is -0.396 e. The molecule has 2 aliphatic rings. The summed E-state index contributed by atoms with van der Waals surface area (Å²) in [6.07, 6.45) is 0.765. The van der Waals surface area contributed by atoms with Gasteiger partial charge in [-0.25, -0.2) is 9.82 Å². The van der Waals surface area contributed by atoms with Crippen molar-refractivity contribution in [2.24, 2.45) is 5.92 Å². The van der Waals surface area contributed by atoms with Crippen molar-refractivity contribution in [3.63, 3.8) is 0 Å². The number of aliphatic hydroxyl groups excluding tert-OH is 1. The molecule has 29 heavy (non-hydrogen) atoms. The monoisotopic (exact) mass is 398 g/mol. The number of piperazine rings is 1. The minimum atomic E-state index is -0.197. The lowest BCUT2D eigenvalue weighted by Crippen LogP contribution is -2.54. The smallest absolute Gasteiger partial charge is 0.123 e. The Balaban J connectivity index is 1.37. The van der Waals surface area contributed by atoms with Crippen molar-refractivity contribution in [2.75, 3.05) is 39.3 Å². The van der Waals surface area contributed by atoms with Crippen LogP contribution in [0.15, 0.2) is 54.6 Å². The summed E-state index contributed by atoms with van der Waals surface area (Å²) in [4.78, 5) is 4.97. The van der Waals surface area contributed by atoms with Gasteiger partial charge in [-0.15, -0.1) is 0 Å². The van der Waals surface area contributed by atoms with Gasteiger partial charge < -0.3 is 10.0 Å². The Bertz CT molecular complexity index is 757. The first-order chi connectivity index (χ1) is 14.2. The number of nitrogens with zero attached hydrogens (tertiary/aromatic N) is 2. The van der Waals surface area contributed by atoms with Crippen LogP contribution < -0.4 is 10.9 Å². The molecule has 2 fully saturated rings. The van der Waals surface area contributed by atoms with Gasteiger partial charge in [-0.05, 0) is 29.7 Å². The van der Waals surface area contributed by atoms with Crippen LogP contribution in [0.1, 0.15) is 23.6 Å². The van der Waals surface area contributed by atoms with Crippen LogP contribution in [0.25, 0.3) is 0 Å². The molecular weight excluding hydrogens is 367 g/mol. The minimum absolute atomic E-state index is 0.192. The molecule has 0 saturated carbocycles. The van der Waals surface area contributed by atoms with Crippen molar-refractivity contribution in [3.8, 4) is 0 Å². The number of benzene rings is 2. The number of hydrogen-bond donors (Lipinski definition) is 3. The summed E-state index contributed by atoms with van der Waals surface area (Å²) >= 11 is 0. The van der Waals surface area contributed by atoms with Crippen LogP contribution in [-0.2, 0) is 6.54 Å². The second-order valence-electron chi connectivity index (χ2n) is 8.20. The van der Waals surface area contributed by atoms with Crippen LogP contribution in [0, 0.1) is 11.7 Å². The van der Waals surface area contributed by atoms with Crippen molar-refractivity contribution in [3.05, 3.63) is 71.5 Å².